The molecule has 2 aromatic carbocycles. The van der Waals surface area contributed by atoms with E-state index in [1.165, 1.54) is 11.3 Å². The number of hydrogen-bond donors (Lipinski definition) is 3. The van der Waals surface area contributed by atoms with Crippen LogP contribution in [-0.4, -0.2) is 33.0 Å². The van der Waals surface area contributed by atoms with Crippen molar-refractivity contribution in [2.75, 3.05) is 11.9 Å². The number of aromatic nitrogens is 4. The largest absolute Gasteiger partial charge is 0.359 e. The summed E-state index contributed by atoms with van der Waals surface area (Å²) in [6, 6.07) is 11.4. The highest BCUT2D eigenvalue weighted by Gasteiger charge is 2.12. The average molecular weight is 433 g/mol. The summed E-state index contributed by atoms with van der Waals surface area (Å²) in [4.78, 5) is 0. The Kier molecular flexibility index (Phi) is 5.50. The fourth-order valence-corrected chi connectivity index (χ4v) is 4.18. The fraction of sp³-hybridized carbons (Fsp3) is 0.211. The summed E-state index contributed by atoms with van der Waals surface area (Å²) in [6.45, 7) is 2.56. The number of H-pyrrole nitrogens is 1. The van der Waals surface area contributed by atoms with Crippen molar-refractivity contribution in [1.29, 1.82) is 0 Å². The second kappa shape index (κ2) is 8.05. The van der Waals surface area contributed by atoms with E-state index in [-0.39, 0.29) is 6.04 Å². The molecule has 9 heteroatoms. The minimum Gasteiger partial charge on any atom is -0.359 e. The van der Waals surface area contributed by atoms with Crippen molar-refractivity contribution < 1.29 is 0 Å². The number of benzene rings is 2. The molecule has 0 fully saturated rings. The minimum absolute atomic E-state index is 0.115. The molecule has 0 spiro atoms. The van der Waals surface area contributed by atoms with Crippen LogP contribution in [0.4, 0.5) is 5.13 Å². The highest BCUT2D eigenvalue weighted by Crippen LogP contribution is 2.29. The molecule has 0 radical (unpaired) electrons. The van der Waals surface area contributed by atoms with E-state index in [9.17, 15) is 0 Å². The second-order valence-electron chi connectivity index (χ2n) is 6.57. The van der Waals surface area contributed by atoms with Gasteiger partial charge in [0.25, 0.3) is 0 Å². The molecule has 0 aliphatic heterocycles. The Morgan fingerprint density at radius 2 is 2.04 bits per heavy atom. The van der Waals surface area contributed by atoms with Crippen molar-refractivity contribution >= 4 is 50.6 Å². The molecular formula is C19H18Cl2N6S. The molecule has 0 aliphatic rings. The predicted octanol–water partition coefficient (Wildman–Crippen LogP) is 4.68. The van der Waals surface area contributed by atoms with Gasteiger partial charge in [0.1, 0.15) is 5.01 Å². The van der Waals surface area contributed by atoms with Crippen molar-refractivity contribution in [3.63, 3.8) is 0 Å². The number of halogens is 2. The van der Waals surface area contributed by atoms with E-state index in [0.29, 0.717) is 23.0 Å². The normalized spacial score (nSPS) is 12.4. The average Bonchev–Trinajstić information content (AvgIpc) is 3.29. The van der Waals surface area contributed by atoms with E-state index in [1.54, 1.807) is 6.07 Å². The lowest BCUT2D eigenvalue weighted by Gasteiger charge is -2.13. The third kappa shape index (κ3) is 4.12. The Bertz CT molecular complexity index is 1120. The van der Waals surface area contributed by atoms with Gasteiger partial charge in [0.2, 0.25) is 5.13 Å². The first-order valence-corrected chi connectivity index (χ1v) is 10.3. The zero-order valence-electron chi connectivity index (χ0n) is 15.0. The molecule has 4 N–H and O–H groups in total. The van der Waals surface area contributed by atoms with Crippen molar-refractivity contribution in [3.8, 4) is 10.6 Å². The molecule has 0 saturated heterocycles. The van der Waals surface area contributed by atoms with Gasteiger partial charge < -0.3 is 11.1 Å². The third-order valence-electron chi connectivity index (χ3n) is 4.43. The number of anilines is 1. The second-order valence-corrected chi connectivity index (χ2v) is 8.39. The maximum atomic E-state index is 6.24. The van der Waals surface area contributed by atoms with Crippen LogP contribution < -0.4 is 11.1 Å². The molecule has 6 nitrogen and oxygen atoms in total. The van der Waals surface area contributed by atoms with Crippen LogP contribution in [0.1, 0.15) is 11.3 Å². The highest BCUT2D eigenvalue weighted by molar-refractivity contribution is 7.18. The van der Waals surface area contributed by atoms with E-state index in [2.05, 4.69) is 31.8 Å². The van der Waals surface area contributed by atoms with Crippen LogP contribution in [0.15, 0.2) is 36.4 Å². The molecule has 1 atom stereocenters. The van der Waals surface area contributed by atoms with Crippen LogP contribution in [0.5, 0.6) is 0 Å². The minimum atomic E-state index is -0.115. The molecule has 0 amide bonds. The van der Waals surface area contributed by atoms with Gasteiger partial charge in [-0.05, 0) is 49.2 Å². The number of hydrogen-bond acceptors (Lipinski definition) is 6. The van der Waals surface area contributed by atoms with E-state index >= 15 is 0 Å². The van der Waals surface area contributed by atoms with Gasteiger partial charge in [-0.2, -0.15) is 5.10 Å². The molecule has 0 aliphatic carbocycles. The molecule has 144 valence electrons. The molecule has 4 aromatic rings. The Morgan fingerprint density at radius 1 is 1.18 bits per heavy atom. The number of nitrogens with two attached hydrogens (primary N) is 1. The lowest BCUT2D eigenvalue weighted by atomic mass is 10.1. The lowest BCUT2D eigenvalue weighted by molar-refractivity contribution is 0.698. The van der Waals surface area contributed by atoms with Crippen LogP contribution in [0.3, 0.4) is 0 Å². The smallest absolute Gasteiger partial charge is 0.206 e. The Hall–Kier alpha value is -2.19. The van der Waals surface area contributed by atoms with E-state index in [0.717, 1.165) is 37.9 Å². The van der Waals surface area contributed by atoms with Crippen molar-refractivity contribution in [2.45, 2.75) is 19.4 Å². The maximum Gasteiger partial charge on any atom is 0.206 e. The first kappa shape index (κ1) is 19.1. The number of nitrogens with zero attached hydrogens (tertiary/aromatic N) is 3. The first-order chi connectivity index (χ1) is 13.5. The van der Waals surface area contributed by atoms with E-state index in [4.69, 9.17) is 28.9 Å². The Morgan fingerprint density at radius 3 is 2.86 bits per heavy atom. The summed E-state index contributed by atoms with van der Waals surface area (Å²) in [5, 5.41) is 22.9. The number of aromatic amines is 1. The number of nitrogens with one attached hydrogen (secondary N) is 2. The van der Waals surface area contributed by atoms with Gasteiger partial charge in [-0.3, -0.25) is 5.10 Å². The summed E-state index contributed by atoms with van der Waals surface area (Å²) in [5.74, 6) is 0. The highest BCUT2D eigenvalue weighted by atomic mass is 35.5. The maximum absolute atomic E-state index is 6.24. The van der Waals surface area contributed by atoms with Crippen LogP contribution in [-0.2, 0) is 6.42 Å². The zero-order chi connectivity index (χ0) is 19.7. The molecule has 4 rings (SSSR count). The van der Waals surface area contributed by atoms with Gasteiger partial charge in [0.15, 0.2) is 0 Å². The van der Waals surface area contributed by atoms with Gasteiger partial charge in [0, 0.05) is 39.3 Å². The van der Waals surface area contributed by atoms with E-state index < -0.39 is 0 Å². The molecule has 2 heterocycles. The van der Waals surface area contributed by atoms with Gasteiger partial charge in [-0.15, -0.1) is 10.2 Å². The molecular weight excluding hydrogens is 415 g/mol. The number of fused-ring (bicyclic) bond motifs is 1. The lowest BCUT2D eigenvalue weighted by Crippen LogP contribution is -2.31. The summed E-state index contributed by atoms with van der Waals surface area (Å²) in [7, 11) is 0. The topological polar surface area (TPSA) is 92.5 Å². The van der Waals surface area contributed by atoms with Gasteiger partial charge in [-0.1, -0.05) is 40.6 Å². The van der Waals surface area contributed by atoms with Crippen molar-refractivity contribution in [1.82, 2.24) is 20.4 Å². The Balaban J connectivity index is 1.40. The molecule has 0 saturated carbocycles. The fourth-order valence-electron chi connectivity index (χ4n) is 2.94. The summed E-state index contributed by atoms with van der Waals surface area (Å²) >= 11 is 13.6. The van der Waals surface area contributed by atoms with Crippen LogP contribution in [0.25, 0.3) is 21.5 Å². The van der Waals surface area contributed by atoms with Crippen LogP contribution in [0.2, 0.25) is 10.0 Å². The van der Waals surface area contributed by atoms with E-state index in [1.807, 2.05) is 31.2 Å². The van der Waals surface area contributed by atoms with Gasteiger partial charge in [0.05, 0.1) is 5.52 Å². The standard InChI is InChI=1S/C19H18Cl2N6S/c1-10-15-7-12(3-5-17(15)25-24-10)18-26-27-19(28-18)23-9-14(22)6-11-2-4-13(20)8-16(11)21/h2-5,7-8,14H,6,9,22H2,1H3,(H,23,27)(H,24,25)/t14-/m0/s1. The Labute approximate surface area is 176 Å². The monoisotopic (exact) mass is 432 g/mol. The molecule has 28 heavy (non-hydrogen) atoms. The first-order valence-electron chi connectivity index (χ1n) is 8.71. The van der Waals surface area contributed by atoms with Gasteiger partial charge >= 0.3 is 0 Å². The SMILES string of the molecule is Cc1[nH]nc2ccc(-c3nnc(NC[C@@H](N)Cc4ccc(Cl)cc4Cl)s3)cc12. The number of aryl methyl sites for hydroxylation is 1. The van der Waals surface area contributed by atoms with Crippen molar-refractivity contribution in [3.05, 3.63) is 57.7 Å². The summed E-state index contributed by atoms with van der Waals surface area (Å²) in [6.07, 6.45) is 0.644. The summed E-state index contributed by atoms with van der Waals surface area (Å²) in [5.41, 5.74) is 10.2. The van der Waals surface area contributed by atoms with Crippen molar-refractivity contribution in [2.24, 2.45) is 5.73 Å². The van der Waals surface area contributed by atoms with Crippen LogP contribution >= 0.6 is 34.5 Å². The number of rotatable bonds is 6. The van der Waals surface area contributed by atoms with Gasteiger partial charge in [-0.25, -0.2) is 0 Å². The van der Waals surface area contributed by atoms with Crippen LogP contribution in [0, 0.1) is 6.92 Å². The summed E-state index contributed by atoms with van der Waals surface area (Å²) < 4.78 is 0. The molecule has 0 bridgehead atoms. The third-order valence-corrected chi connectivity index (χ3v) is 5.95. The molecule has 0 unspecified atom stereocenters. The quantitative estimate of drug-likeness (QED) is 0.411. The molecule has 2 aromatic heterocycles. The predicted molar refractivity (Wildman–Crippen MR) is 116 cm³/mol. The zero-order valence-corrected chi connectivity index (χ0v) is 17.4.